The van der Waals surface area contributed by atoms with Gasteiger partial charge in [0.2, 0.25) is 12.5 Å². The van der Waals surface area contributed by atoms with Gasteiger partial charge in [0.1, 0.15) is 0 Å². The summed E-state index contributed by atoms with van der Waals surface area (Å²) in [6.07, 6.45) is -1.04. The van der Waals surface area contributed by atoms with Crippen LogP contribution >= 0.6 is 0 Å². The lowest BCUT2D eigenvalue weighted by Crippen LogP contribution is -2.35. The third-order valence-electron chi connectivity index (χ3n) is 6.21. The summed E-state index contributed by atoms with van der Waals surface area (Å²) >= 11 is 0. The minimum absolute atomic E-state index is 0.167. The largest absolute Gasteiger partial charge is 0.493 e. The fraction of sp³-hybridized carbons (Fsp3) is 0.409. The molecule has 0 bridgehead atoms. The van der Waals surface area contributed by atoms with Crippen molar-refractivity contribution in [3.63, 3.8) is 0 Å². The minimum Gasteiger partial charge on any atom is -0.493 e. The van der Waals surface area contributed by atoms with Gasteiger partial charge in [0.25, 0.3) is 0 Å². The van der Waals surface area contributed by atoms with Gasteiger partial charge in [-0.3, -0.25) is 4.79 Å². The van der Waals surface area contributed by atoms with Crippen LogP contribution in [0.4, 0.5) is 0 Å². The Bertz CT molecular complexity index is 1020. The van der Waals surface area contributed by atoms with Gasteiger partial charge in [-0.2, -0.15) is 0 Å². The molecular formula is C22H22O8. The number of hydrogen-bond acceptors (Lipinski definition) is 8. The zero-order valence-corrected chi connectivity index (χ0v) is 16.8. The molecule has 8 heteroatoms. The monoisotopic (exact) mass is 414 g/mol. The minimum atomic E-state index is -1.04. The van der Waals surface area contributed by atoms with Crippen molar-refractivity contribution in [3.8, 4) is 28.7 Å². The lowest BCUT2D eigenvalue weighted by atomic mass is 9.66. The summed E-state index contributed by atoms with van der Waals surface area (Å²) in [7, 11) is 4.59. The predicted octanol–water partition coefficient (Wildman–Crippen LogP) is 2.41. The molecule has 8 nitrogen and oxygen atoms in total. The number of methoxy groups -OCH3 is 3. The van der Waals surface area contributed by atoms with Crippen LogP contribution in [0.5, 0.6) is 28.7 Å². The molecule has 0 aromatic heterocycles. The Morgan fingerprint density at radius 3 is 2.47 bits per heavy atom. The van der Waals surface area contributed by atoms with E-state index >= 15 is 0 Å². The van der Waals surface area contributed by atoms with Crippen LogP contribution in [0, 0.1) is 11.8 Å². The number of fused-ring (bicyclic) bond motifs is 3. The Balaban J connectivity index is 1.78. The summed E-state index contributed by atoms with van der Waals surface area (Å²) in [6, 6.07) is 7.41. The highest BCUT2D eigenvalue weighted by Gasteiger charge is 2.53. The summed E-state index contributed by atoms with van der Waals surface area (Å²) in [5.41, 5.74) is 2.22. The second-order valence-electron chi connectivity index (χ2n) is 7.50. The molecule has 0 unspecified atom stereocenters. The van der Waals surface area contributed by atoms with Crippen LogP contribution in [0.15, 0.2) is 24.3 Å². The molecule has 2 aromatic carbocycles. The van der Waals surface area contributed by atoms with E-state index in [1.807, 2.05) is 18.2 Å². The fourth-order valence-corrected chi connectivity index (χ4v) is 4.91. The van der Waals surface area contributed by atoms with E-state index < -0.39 is 18.0 Å². The van der Waals surface area contributed by atoms with Crippen molar-refractivity contribution in [3.05, 3.63) is 41.0 Å². The predicted molar refractivity (Wildman–Crippen MR) is 103 cm³/mol. The second kappa shape index (κ2) is 6.98. The van der Waals surface area contributed by atoms with Crippen molar-refractivity contribution >= 4 is 5.97 Å². The van der Waals surface area contributed by atoms with Crippen LogP contribution < -0.4 is 23.7 Å². The first-order valence-electron chi connectivity index (χ1n) is 9.66. The number of rotatable bonds is 4. The number of aliphatic hydroxyl groups excluding tert-OH is 1. The number of esters is 1. The molecule has 1 aliphatic carbocycles. The van der Waals surface area contributed by atoms with E-state index in [0.29, 0.717) is 34.3 Å². The highest BCUT2D eigenvalue weighted by atomic mass is 16.7. The zero-order valence-electron chi connectivity index (χ0n) is 16.8. The highest BCUT2D eigenvalue weighted by molar-refractivity contribution is 5.78. The summed E-state index contributed by atoms with van der Waals surface area (Å²) < 4.78 is 33.2. The maximum atomic E-state index is 12.5. The zero-order chi connectivity index (χ0) is 21.0. The summed E-state index contributed by atoms with van der Waals surface area (Å²) in [4.78, 5) is 12.5. The van der Waals surface area contributed by atoms with E-state index in [1.165, 1.54) is 14.2 Å². The van der Waals surface area contributed by atoms with Gasteiger partial charge < -0.3 is 33.5 Å². The normalized spacial score (nSPS) is 25.9. The van der Waals surface area contributed by atoms with E-state index in [9.17, 15) is 9.90 Å². The number of ether oxygens (including phenoxy) is 6. The van der Waals surface area contributed by atoms with Crippen molar-refractivity contribution in [2.24, 2.45) is 11.8 Å². The smallest absolute Gasteiger partial charge is 0.312 e. The molecule has 2 aromatic rings. The topological polar surface area (TPSA) is 92.7 Å². The molecule has 1 saturated heterocycles. The summed E-state index contributed by atoms with van der Waals surface area (Å²) in [6.45, 7) is 0.372. The summed E-state index contributed by atoms with van der Waals surface area (Å²) in [5.74, 6) is 0.976. The first-order valence-corrected chi connectivity index (χ1v) is 9.66. The molecule has 1 N–H and O–H groups in total. The van der Waals surface area contributed by atoms with Gasteiger partial charge in [0, 0.05) is 17.4 Å². The average Bonchev–Trinajstić information content (AvgIpc) is 3.39. The number of hydrogen-bond donors (Lipinski definition) is 1. The van der Waals surface area contributed by atoms with E-state index in [0.717, 1.165) is 11.1 Å². The van der Waals surface area contributed by atoms with E-state index in [-0.39, 0.29) is 25.2 Å². The number of carbonyl (C=O) groups is 1. The number of carbonyl (C=O) groups excluding carboxylic acids is 1. The van der Waals surface area contributed by atoms with Gasteiger partial charge in [0.05, 0.1) is 40.0 Å². The van der Waals surface area contributed by atoms with Crippen LogP contribution in [0.3, 0.4) is 0 Å². The molecule has 0 amide bonds. The molecule has 5 rings (SSSR count). The highest BCUT2D eigenvalue weighted by Crippen LogP contribution is 2.58. The first kappa shape index (κ1) is 18.9. The van der Waals surface area contributed by atoms with Crippen molar-refractivity contribution in [1.82, 2.24) is 0 Å². The van der Waals surface area contributed by atoms with Gasteiger partial charge in [-0.05, 0) is 29.3 Å². The quantitative estimate of drug-likeness (QED) is 0.763. The van der Waals surface area contributed by atoms with Crippen molar-refractivity contribution in [2.75, 3.05) is 34.7 Å². The van der Waals surface area contributed by atoms with Crippen LogP contribution in [-0.4, -0.2) is 45.8 Å². The molecule has 3 aliphatic rings. The van der Waals surface area contributed by atoms with Crippen molar-refractivity contribution in [1.29, 1.82) is 0 Å². The maximum absolute atomic E-state index is 12.5. The van der Waals surface area contributed by atoms with Gasteiger partial charge in [-0.25, -0.2) is 0 Å². The van der Waals surface area contributed by atoms with E-state index in [1.54, 1.807) is 13.2 Å². The number of benzene rings is 2. The number of aliphatic hydroxyl groups is 1. The molecular weight excluding hydrogens is 392 g/mol. The van der Waals surface area contributed by atoms with Gasteiger partial charge in [-0.1, -0.05) is 6.07 Å². The van der Waals surface area contributed by atoms with Crippen LogP contribution in [0.1, 0.15) is 28.7 Å². The van der Waals surface area contributed by atoms with Gasteiger partial charge in [-0.15, -0.1) is 0 Å². The fourth-order valence-electron chi connectivity index (χ4n) is 4.91. The standard InChI is InChI=1S/C22H22O8/c1-25-15-7-11-17(21(27-3)20(15)26-2)16(12-8-28-22(24)18(12)19(11)23)10-4-5-13-14(6-10)30-9-29-13/h4-7,12,16,18-19,23H,8-9H2,1-3H3/t12-,16-,18-,19+/m0/s1. The Morgan fingerprint density at radius 1 is 0.967 bits per heavy atom. The second-order valence-corrected chi connectivity index (χ2v) is 7.50. The molecule has 0 radical (unpaired) electrons. The Morgan fingerprint density at radius 2 is 1.73 bits per heavy atom. The molecule has 0 saturated carbocycles. The Hall–Kier alpha value is -3.13. The molecule has 2 aliphatic heterocycles. The SMILES string of the molecule is COc1cc2c(c(OC)c1OC)[C@@H](c1ccc3c(c1)OCO3)[C@@H]1COC(=O)[C@@H]1[C@@H]2O. The summed E-state index contributed by atoms with van der Waals surface area (Å²) in [5, 5.41) is 11.1. The Labute approximate surface area is 173 Å². The van der Waals surface area contributed by atoms with E-state index in [2.05, 4.69) is 0 Å². The van der Waals surface area contributed by atoms with Gasteiger partial charge in [0.15, 0.2) is 23.0 Å². The molecule has 2 heterocycles. The lowest BCUT2D eigenvalue weighted by molar-refractivity contribution is -0.144. The Kier molecular flexibility index (Phi) is 4.39. The lowest BCUT2D eigenvalue weighted by Gasteiger charge is -2.38. The van der Waals surface area contributed by atoms with Crippen LogP contribution in [0.25, 0.3) is 0 Å². The average molecular weight is 414 g/mol. The van der Waals surface area contributed by atoms with Gasteiger partial charge >= 0.3 is 5.97 Å². The molecule has 1 fully saturated rings. The maximum Gasteiger partial charge on any atom is 0.312 e. The number of cyclic esters (lactones) is 1. The third kappa shape index (κ3) is 2.53. The third-order valence-corrected chi connectivity index (χ3v) is 6.21. The van der Waals surface area contributed by atoms with Crippen molar-refractivity contribution < 1.29 is 38.3 Å². The van der Waals surface area contributed by atoms with Crippen LogP contribution in [-0.2, 0) is 9.53 Å². The molecule has 158 valence electrons. The molecule has 0 spiro atoms. The first-order chi connectivity index (χ1) is 14.6. The van der Waals surface area contributed by atoms with Crippen LogP contribution in [0.2, 0.25) is 0 Å². The molecule has 4 atom stereocenters. The molecule has 30 heavy (non-hydrogen) atoms. The van der Waals surface area contributed by atoms with E-state index in [4.69, 9.17) is 28.4 Å². The van der Waals surface area contributed by atoms with Crippen molar-refractivity contribution in [2.45, 2.75) is 12.0 Å².